The van der Waals surface area contributed by atoms with E-state index in [2.05, 4.69) is 31.8 Å². The second-order valence-electron chi connectivity index (χ2n) is 7.73. The molecule has 0 spiro atoms. The average Bonchev–Trinajstić information content (AvgIpc) is 2.67. The lowest BCUT2D eigenvalue weighted by Gasteiger charge is -2.37. The topological polar surface area (TPSA) is 42.4 Å². The van der Waals surface area contributed by atoms with Crippen molar-refractivity contribution in [2.45, 2.75) is 59.6 Å². The molecule has 0 N–H and O–H groups in total. The smallest absolute Gasteiger partial charge is 0.272 e. The van der Waals surface area contributed by atoms with Gasteiger partial charge in [-0.05, 0) is 63.3 Å². The third-order valence-electron chi connectivity index (χ3n) is 5.55. The molecule has 1 saturated heterocycles. The first-order chi connectivity index (χ1) is 13.0. The van der Waals surface area contributed by atoms with Crippen LogP contribution in [0.15, 0.2) is 36.4 Å². The number of ether oxygens (including phenoxy) is 1. The van der Waals surface area contributed by atoms with Crippen molar-refractivity contribution in [2.24, 2.45) is 5.92 Å². The molecular weight excluding hydrogens is 336 g/mol. The number of carbonyl (C=O) groups is 1. The van der Waals surface area contributed by atoms with E-state index in [4.69, 9.17) is 4.74 Å². The van der Waals surface area contributed by atoms with Crippen LogP contribution >= 0.6 is 0 Å². The number of hydrogen-bond acceptors (Lipinski definition) is 3. The molecular formula is C23H30N2O2. The Morgan fingerprint density at radius 3 is 2.78 bits per heavy atom. The third kappa shape index (κ3) is 4.68. The van der Waals surface area contributed by atoms with Crippen LogP contribution < -0.4 is 4.74 Å². The Labute approximate surface area is 162 Å². The number of likely N-dealkylation sites (tertiary alicyclic amines) is 1. The van der Waals surface area contributed by atoms with E-state index >= 15 is 0 Å². The van der Waals surface area contributed by atoms with Gasteiger partial charge in [0.15, 0.2) is 0 Å². The van der Waals surface area contributed by atoms with Gasteiger partial charge in [-0.2, -0.15) is 0 Å². The summed E-state index contributed by atoms with van der Waals surface area (Å²) < 4.78 is 5.93. The van der Waals surface area contributed by atoms with E-state index in [9.17, 15) is 4.79 Å². The molecule has 27 heavy (non-hydrogen) atoms. The SMILES string of the molecule is CCC1CCC(C)N(C(=O)c2cccc(COc3ccc(C)cc3C)n2)C1. The summed E-state index contributed by atoms with van der Waals surface area (Å²) in [5, 5.41) is 0. The summed E-state index contributed by atoms with van der Waals surface area (Å²) in [6.07, 6.45) is 3.39. The predicted molar refractivity (Wildman–Crippen MR) is 108 cm³/mol. The number of pyridine rings is 1. The Morgan fingerprint density at radius 1 is 1.22 bits per heavy atom. The maximum atomic E-state index is 13.0. The molecule has 1 aliphatic heterocycles. The van der Waals surface area contributed by atoms with Crippen LogP contribution in [0.3, 0.4) is 0 Å². The molecule has 1 amide bonds. The number of hydrogen-bond donors (Lipinski definition) is 0. The van der Waals surface area contributed by atoms with Gasteiger partial charge in [0, 0.05) is 12.6 Å². The number of amides is 1. The Bertz CT molecular complexity index is 803. The lowest BCUT2D eigenvalue weighted by Crippen LogP contribution is -2.45. The van der Waals surface area contributed by atoms with Gasteiger partial charge in [0.05, 0.1) is 5.69 Å². The fraction of sp³-hybridized carbons (Fsp3) is 0.478. The molecule has 2 atom stereocenters. The molecule has 0 saturated carbocycles. The predicted octanol–water partition coefficient (Wildman–Crippen LogP) is 4.93. The summed E-state index contributed by atoms with van der Waals surface area (Å²) in [5.74, 6) is 1.49. The minimum Gasteiger partial charge on any atom is -0.487 e. The molecule has 2 unspecified atom stereocenters. The van der Waals surface area contributed by atoms with Crippen LogP contribution in [0.25, 0.3) is 0 Å². The second-order valence-corrected chi connectivity index (χ2v) is 7.73. The van der Waals surface area contributed by atoms with Crippen LogP contribution in [-0.2, 0) is 6.61 Å². The van der Waals surface area contributed by atoms with Crippen molar-refractivity contribution < 1.29 is 9.53 Å². The van der Waals surface area contributed by atoms with Crippen molar-refractivity contribution >= 4 is 5.91 Å². The van der Waals surface area contributed by atoms with Crippen LogP contribution in [0.1, 0.15) is 60.4 Å². The van der Waals surface area contributed by atoms with Gasteiger partial charge in [-0.25, -0.2) is 4.98 Å². The van der Waals surface area contributed by atoms with Gasteiger partial charge in [-0.15, -0.1) is 0 Å². The van der Waals surface area contributed by atoms with Gasteiger partial charge in [0.1, 0.15) is 18.1 Å². The molecule has 2 heterocycles. The van der Waals surface area contributed by atoms with E-state index in [0.717, 1.165) is 36.4 Å². The van der Waals surface area contributed by atoms with Crippen LogP contribution in [0.2, 0.25) is 0 Å². The fourth-order valence-corrected chi connectivity index (χ4v) is 3.74. The van der Waals surface area contributed by atoms with Crippen LogP contribution in [-0.4, -0.2) is 28.4 Å². The minimum absolute atomic E-state index is 0.0361. The summed E-state index contributed by atoms with van der Waals surface area (Å²) in [6, 6.07) is 12.0. The molecule has 1 aromatic carbocycles. The first-order valence-corrected chi connectivity index (χ1v) is 9.95. The number of aromatic nitrogens is 1. The van der Waals surface area contributed by atoms with Gasteiger partial charge in [-0.3, -0.25) is 4.79 Å². The molecule has 4 nitrogen and oxygen atoms in total. The van der Waals surface area contributed by atoms with Gasteiger partial charge in [0.2, 0.25) is 0 Å². The highest BCUT2D eigenvalue weighted by molar-refractivity contribution is 5.92. The van der Waals surface area contributed by atoms with Crippen molar-refractivity contribution in [1.82, 2.24) is 9.88 Å². The van der Waals surface area contributed by atoms with Gasteiger partial charge >= 0.3 is 0 Å². The zero-order valence-electron chi connectivity index (χ0n) is 16.9. The van der Waals surface area contributed by atoms with Crippen molar-refractivity contribution in [3.8, 4) is 5.75 Å². The summed E-state index contributed by atoms with van der Waals surface area (Å²) >= 11 is 0. The van der Waals surface area contributed by atoms with Crippen LogP contribution in [0, 0.1) is 19.8 Å². The summed E-state index contributed by atoms with van der Waals surface area (Å²) in [7, 11) is 0. The van der Waals surface area contributed by atoms with Crippen molar-refractivity contribution in [3.63, 3.8) is 0 Å². The first kappa shape index (κ1) is 19.4. The number of nitrogens with zero attached hydrogens (tertiary/aromatic N) is 2. The maximum Gasteiger partial charge on any atom is 0.272 e. The molecule has 1 fully saturated rings. The van der Waals surface area contributed by atoms with Crippen molar-refractivity contribution in [1.29, 1.82) is 0 Å². The average molecular weight is 367 g/mol. The molecule has 3 rings (SSSR count). The van der Waals surface area contributed by atoms with E-state index < -0.39 is 0 Å². The summed E-state index contributed by atoms with van der Waals surface area (Å²) in [5.41, 5.74) is 3.61. The van der Waals surface area contributed by atoms with Crippen LogP contribution in [0.4, 0.5) is 0 Å². The number of carbonyl (C=O) groups excluding carboxylic acids is 1. The van der Waals surface area contributed by atoms with Gasteiger partial charge in [-0.1, -0.05) is 37.1 Å². The molecule has 1 aromatic heterocycles. The number of piperidine rings is 1. The first-order valence-electron chi connectivity index (χ1n) is 9.95. The Balaban J connectivity index is 1.70. The van der Waals surface area contributed by atoms with E-state index in [1.807, 2.05) is 42.2 Å². The highest BCUT2D eigenvalue weighted by Gasteiger charge is 2.29. The standard InChI is InChI=1S/C23H30N2O2/c1-5-19-11-10-18(4)25(14-19)23(26)21-8-6-7-20(24-21)15-27-22-12-9-16(2)13-17(22)3/h6-9,12-13,18-19H,5,10-11,14-15H2,1-4H3. The highest BCUT2D eigenvalue weighted by atomic mass is 16.5. The van der Waals surface area contributed by atoms with E-state index in [1.165, 1.54) is 12.0 Å². The maximum absolute atomic E-state index is 13.0. The molecule has 0 radical (unpaired) electrons. The minimum atomic E-state index is 0.0361. The molecule has 2 aromatic rings. The normalized spacial score (nSPS) is 19.8. The third-order valence-corrected chi connectivity index (χ3v) is 5.55. The number of benzene rings is 1. The van der Waals surface area contributed by atoms with Crippen molar-refractivity contribution in [3.05, 3.63) is 58.9 Å². The van der Waals surface area contributed by atoms with E-state index in [0.29, 0.717) is 18.2 Å². The summed E-state index contributed by atoms with van der Waals surface area (Å²) in [6.45, 7) is 9.64. The monoisotopic (exact) mass is 366 g/mol. The number of aryl methyl sites for hydroxylation is 2. The number of rotatable bonds is 5. The Kier molecular flexibility index (Phi) is 6.15. The molecule has 4 heteroatoms. The van der Waals surface area contributed by atoms with E-state index in [1.54, 1.807) is 0 Å². The zero-order chi connectivity index (χ0) is 19.4. The van der Waals surface area contributed by atoms with Gasteiger partial charge < -0.3 is 9.64 Å². The fourth-order valence-electron chi connectivity index (χ4n) is 3.74. The zero-order valence-corrected chi connectivity index (χ0v) is 16.9. The van der Waals surface area contributed by atoms with Crippen molar-refractivity contribution in [2.75, 3.05) is 6.54 Å². The Morgan fingerprint density at radius 2 is 2.04 bits per heavy atom. The Hall–Kier alpha value is -2.36. The lowest BCUT2D eigenvalue weighted by molar-refractivity contribution is 0.0550. The largest absolute Gasteiger partial charge is 0.487 e. The lowest BCUT2D eigenvalue weighted by atomic mass is 9.91. The molecule has 1 aliphatic rings. The molecule has 0 aliphatic carbocycles. The van der Waals surface area contributed by atoms with E-state index in [-0.39, 0.29) is 11.9 Å². The summed E-state index contributed by atoms with van der Waals surface area (Å²) in [4.78, 5) is 19.6. The van der Waals surface area contributed by atoms with Crippen LogP contribution in [0.5, 0.6) is 5.75 Å². The molecule has 144 valence electrons. The second kappa shape index (κ2) is 8.55. The van der Waals surface area contributed by atoms with Gasteiger partial charge in [0.25, 0.3) is 5.91 Å². The molecule has 0 bridgehead atoms. The highest BCUT2D eigenvalue weighted by Crippen LogP contribution is 2.25. The quantitative estimate of drug-likeness (QED) is 0.754.